The van der Waals surface area contributed by atoms with Crippen LogP contribution in [0, 0.1) is 5.92 Å². The quantitative estimate of drug-likeness (QED) is 0.752. The Kier molecular flexibility index (Phi) is 4.44. The molecule has 1 atom stereocenters. The molecule has 0 saturated carbocycles. The Morgan fingerprint density at radius 3 is 2.47 bits per heavy atom. The first-order chi connectivity index (χ1) is 7.86. The van der Waals surface area contributed by atoms with Gasteiger partial charge in [-0.1, -0.05) is 40.5 Å². The number of aromatic hydroxyl groups is 2. The summed E-state index contributed by atoms with van der Waals surface area (Å²) >= 11 is 0. The predicted octanol–water partition coefficient (Wildman–Crippen LogP) is 4.20. The SMILES string of the molecule is CCCC(C)CC(C)(C)c1cc(O)ccc1O. The van der Waals surface area contributed by atoms with Crippen molar-refractivity contribution in [3.05, 3.63) is 23.8 Å². The summed E-state index contributed by atoms with van der Waals surface area (Å²) < 4.78 is 0. The molecule has 96 valence electrons. The van der Waals surface area contributed by atoms with Gasteiger partial charge in [-0.3, -0.25) is 0 Å². The molecule has 0 aliphatic carbocycles. The molecule has 0 radical (unpaired) electrons. The Balaban J connectivity index is 2.91. The van der Waals surface area contributed by atoms with Crippen molar-refractivity contribution in [3.63, 3.8) is 0 Å². The highest BCUT2D eigenvalue weighted by atomic mass is 16.3. The summed E-state index contributed by atoms with van der Waals surface area (Å²) in [4.78, 5) is 0. The molecule has 0 heterocycles. The number of phenols is 2. The molecule has 0 aromatic heterocycles. The van der Waals surface area contributed by atoms with Gasteiger partial charge in [0.15, 0.2) is 0 Å². The Hall–Kier alpha value is -1.18. The third-order valence-corrected chi connectivity index (χ3v) is 3.35. The lowest BCUT2D eigenvalue weighted by atomic mass is 9.76. The van der Waals surface area contributed by atoms with E-state index in [1.807, 2.05) is 0 Å². The molecule has 17 heavy (non-hydrogen) atoms. The van der Waals surface area contributed by atoms with E-state index in [-0.39, 0.29) is 16.9 Å². The molecule has 0 aliphatic heterocycles. The van der Waals surface area contributed by atoms with Crippen molar-refractivity contribution in [1.29, 1.82) is 0 Å². The van der Waals surface area contributed by atoms with Crippen LogP contribution in [-0.4, -0.2) is 10.2 Å². The first-order valence-corrected chi connectivity index (χ1v) is 6.39. The van der Waals surface area contributed by atoms with Gasteiger partial charge in [-0.25, -0.2) is 0 Å². The number of phenolic OH excluding ortho intramolecular Hbond substituents is 2. The number of benzene rings is 1. The Bertz CT molecular complexity index is 369. The molecular weight excluding hydrogens is 212 g/mol. The summed E-state index contributed by atoms with van der Waals surface area (Å²) in [6.45, 7) is 8.67. The van der Waals surface area contributed by atoms with E-state index in [9.17, 15) is 10.2 Å². The van der Waals surface area contributed by atoms with Crippen LogP contribution in [0.25, 0.3) is 0 Å². The van der Waals surface area contributed by atoms with Crippen molar-refractivity contribution < 1.29 is 10.2 Å². The van der Waals surface area contributed by atoms with Gasteiger partial charge < -0.3 is 10.2 Å². The van der Waals surface area contributed by atoms with E-state index in [2.05, 4.69) is 27.7 Å². The van der Waals surface area contributed by atoms with E-state index in [0.717, 1.165) is 12.0 Å². The molecule has 0 fully saturated rings. The number of rotatable bonds is 5. The first kappa shape index (κ1) is 13.9. The molecule has 2 heteroatoms. The lowest BCUT2D eigenvalue weighted by Gasteiger charge is -2.29. The van der Waals surface area contributed by atoms with Crippen LogP contribution in [0.2, 0.25) is 0 Å². The molecule has 0 bridgehead atoms. The minimum atomic E-state index is -0.114. The smallest absolute Gasteiger partial charge is 0.119 e. The van der Waals surface area contributed by atoms with E-state index >= 15 is 0 Å². The number of hydrogen-bond acceptors (Lipinski definition) is 2. The minimum Gasteiger partial charge on any atom is -0.508 e. The van der Waals surface area contributed by atoms with Crippen LogP contribution in [0.5, 0.6) is 11.5 Å². The van der Waals surface area contributed by atoms with E-state index in [1.165, 1.54) is 18.9 Å². The zero-order valence-corrected chi connectivity index (χ0v) is 11.3. The highest BCUT2D eigenvalue weighted by Crippen LogP contribution is 2.38. The van der Waals surface area contributed by atoms with Gasteiger partial charge in [0.1, 0.15) is 11.5 Å². The van der Waals surface area contributed by atoms with Crippen molar-refractivity contribution >= 4 is 0 Å². The van der Waals surface area contributed by atoms with Crippen LogP contribution in [-0.2, 0) is 5.41 Å². The third-order valence-electron chi connectivity index (χ3n) is 3.35. The van der Waals surface area contributed by atoms with Gasteiger partial charge in [-0.05, 0) is 36.0 Å². The zero-order chi connectivity index (χ0) is 13.1. The Morgan fingerprint density at radius 1 is 1.24 bits per heavy atom. The molecule has 2 nitrogen and oxygen atoms in total. The molecule has 1 aromatic carbocycles. The van der Waals surface area contributed by atoms with Crippen molar-refractivity contribution in [2.45, 2.75) is 52.4 Å². The van der Waals surface area contributed by atoms with Crippen molar-refractivity contribution in [2.24, 2.45) is 5.92 Å². The van der Waals surface area contributed by atoms with Crippen LogP contribution in [0.1, 0.15) is 52.5 Å². The van der Waals surface area contributed by atoms with E-state index in [1.54, 1.807) is 12.1 Å². The Labute approximate surface area is 104 Å². The standard InChI is InChI=1S/C15H24O2/c1-5-6-11(2)10-15(3,4)13-9-12(16)7-8-14(13)17/h7-9,11,16-17H,5-6,10H2,1-4H3. The highest BCUT2D eigenvalue weighted by molar-refractivity contribution is 5.42. The molecule has 1 aromatic rings. The molecule has 0 aliphatic rings. The minimum absolute atomic E-state index is 0.114. The third kappa shape index (κ3) is 3.65. The van der Waals surface area contributed by atoms with E-state index < -0.39 is 0 Å². The zero-order valence-electron chi connectivity index (χ0n) is 11.3. The molecule has 0 saturated heterocycles. The van der Waals surface area contributed by atoms with Gasteiger partial charge in [-0.15, -0.1) is 0 Å². The van der Waals surface area contributed by atoms with Gasteiger partial charge >= 0.3 is 0 Å². The average Bonchev–Trinajstić information content (AvgIpc) is 2.21. The van der Waals surface area contributed by atoms with Crippen LogP contribution in [0.15, 0.2) is 18.2 Å². The fourth-order valence-corrected chi connectivity index (χ4v) is 2.64. The van der Waals surface area contributed by atoms with Gasteiger partial charge in [0.25, 0.3) is 0 Å². The first-order valence-electron chi connectivity index (χ1n) is 6.39. The van der Waals surface area contributed by atoms with Gasteiger partial charge in [-0.2, -0.15) is 0 Å². The topological polar surface area (TPSA) is 40.5 Å². The lowest BCUT2D eigenvalue weighted by molar-refractivity contribution is 0.346. The van der Waals surface area contributed by atoms with Gasteiger partial charge in [0.05, 0.1) is 0 Å². The molecule has 0 spiro atoms. The fraction of sp³-hybridized carbons (Fsp3) is 0.600. The highest BCUT2D eigenvalue weighted by Gasteiger charge is 2.26. The average molecular weight is 236 g/mol. The maximum Gasteiger partial charge on any atom is 0.119 e. The fourth-order valence-electron chi connectivity index (χ4n) is 2.64. The van der Waals surface area contributed by atoms with Gasteiger partial charge in [0.2, 0.25) is 0 Å². The molecule has 2 N–H and O–H groups in total. The van der Waals surface area contributed by atoms with Gasteiger partial charge in [0, 0.05) is 5.56 Å². The van der Waals surface area contributed by atoms with Crippen molar-refractivity contribution in [1.82, 2.24) is 0 Å². The summed E-state index contributed by atoms with van der Waals surface area (Å²) in [5, 5.41) is 19.4. The maximum absolute atomic E-state index is 9.90. The second-order valence-electron chi connectivity index (χ2n) is 5.68. The summed E-state index contributed by atoms with van der Waals surface area (Å²) in [7, 11) is 0. The summed E-state index contributed by atoms with van der Waals surface area (Å²) in [5.74, 6) is 1.11. The Morgan fingerprint density at radius 2 is 1.88 bits per heavy atom. The molecule has 1 unspecified atom stereocenters. The van der Waals surface area contributed by atoms with Crippen LogP contribution < -0.4 is 0 Å². The summed E-state index contributed by atoms with van der Waals surface area (Å²) in [6, 6.07) is 4.76. The molecule has 0 amide bonds. The summed E-state index contributed by atoms with van der Waals surface area (Å²) in [6.07, 6.45) is 3.39. The lowest BCUT2D eigenvalue weighted by Crippen LogP contribution is -2.20. The van der Waals surface area contributed by atoms with Crippen LogP contribution >= 0.6 is 0 Å². The molecule has 1 rings (SSSR count). The maximum atomic E-state index is 9.90. The second-order valence-corrected chi connectivity index (χ2v) is 5.68. The van der Waals surface area contributed by atoms with E-state index in [4.69, 9.17) is 0 Å². The largest absolute Gasteiger partial charge is 0.508 e. The second kappa shape index (κ2) is 5.44. The number of hydrogen-bond donors (Lipinski definition) is 2. The summed E-state index contributed by atoms with van der Waals surface area (Å²) in [5.41, 5.74) is 0.720. The molecular formula is C15H24O2. The normalized spacial score (nSPS) is 13.6. The monoisotopic (exact) mass is 236 g/mol. The van der Waals surface area contributed by atoms with Crippen molar-refractivity contribution in [2.75, 3.05) is 0 Å². The van der Waals surface area contributed by atoms with E-state index in [0.29, 0.717) is 5.92 Å². The van der Waals surface area contributed by atoms with Crippen molar-refractivity contribution in [3.8, 4) is 11.5 Å². The van der Waals surface area contributed by atoms with Crippen LogP contribution in [0.3, 0.4) is 0 Å². The predicted molar refractivity (Wildman–Crippen MR) is 71.5 cm³/mol. The van der Waals surface area contributed by atoms with Crippen LogP contribution in [0.4, 0.5) is 0 Å².